The van der Waals surface area contributed by atoms with Crippen LogP contribution in [-0.4, -0.2) is 30.7 Å². The van der Waals surface area contributed by atoms with E-state index in [2.05, 4.69) is 26.2 Å². The van der Waals surface area contributed by atoms with E-state index in [0.717, 1.165) is 10.8 Å². The first-order valence-electron chi connectivity index (χ1n) is 10.4. The lowest BCUT2D eigenvalue weighted by Crippen LogP contribution is -1.81. The highest BCUT2D eigenvalue weighted by Gasteiger charge is 2.16. The molecule has 4 N–H and O–H groups in total. The van der Waals surface area contributed by atoms with Gasteiger partial charge in [0.15, 0.2) is 11.2 Å². The number of rotatable bonds is 2. The average Bonchev–Trinajstić information content (AvgIpc) is 3.47. The summed E-state index contributed by atoms with van der Waals surface area (Å²) in [5, 5.41) is 47.9. The molecule has 0 amide bonds. The average molecular weight is 533 g/mol. The van der Waals surface area contributed by atoms with Crippen molar-refractivity contribution in [2.45, 2.75) is 0 Å². The van der Waals surface area contributed by atoms with Crippen molar-refractivity contribution >= 4 is 37.9 Å². The van der Waals surface area contributed by atoms with Gasteiger partial charge in [0.2, 0.25) is 0 Å². The predicted molar refractivity (Wildman–Crippen MR) is 133 cm³/mol. The number of aromatic hydroxyl groups is 4. The molecule has 0 saturated carbocycles. The zero-order valence-corrected chi connectivity index (χ0v) is 19.5. The molecule has 0 unspecified atom stereocenters. The van der Waals surface area contributed by atoms with Crippen LogP contribution in [0.1, 0.15) is 0 Å². The smallest absolute Gasteiger partial charge is 0.167 e. The highest BCUT2D eigenvalue weighted by atomic mass is 79.9. The van der Waals surface area contributed by atoms with Crippen LogP contribution in [0.25, 0.3) is 44.5 Å². The predicted octanol–water partition coefficient (Wildman–Crippen LogP) is 6.57. The molecule has 4 aromatic carbocycles. The number of fused-ring (bicyclic) bond motifs is 2. The van der Waals surface area contributed by atoms with E-state index < -0.39 is 0 Å². The molecule has 2 heterocycles. The van der Waals surface area contributed by atoms with Gasteiger partial charge in [-0.05, 0) is 58.4 Å². The maximum absolute atomic E-state index is 9.88. The van der Waals surface area contributed by atoms with Gasteiger partial charge < -0.3 is 29.5 Å². The first-order valence-corrected chi connectivity index (χ1v) is 11.1. The molecule has 0 radical (unpaired) electrons. The molecule has 6 aromatic rings. The minimum absolute atomic E-state index is 0.0130. The SMILES string of the molecule is Oc1cc(O)c(-c2noc3ccccc23)cc1Br.Oc1ccc(-c2noc3ccccc23)c(O)c1. The van der Waals surface area contributed by atoms with Gasteiger partial charge in [0, 0.05) is 34.0 Å². The Kier molecular flexibility index (Phi) is 5.76. The van der Waals surface area contributed by atoms with Crippen LogP contribution in [0, 0.1) is 0 Å². The number of aromatic nitrogens is 2. The number of nitrogens with zero attached hydrogens (tertiary/aromatic N) is 2. The fourth-order valence-electron chi connectivity index (χ4n) is 3.62. The van der Waals surface area contributed by atoms with Crippen molar-refractivity contribution in [1.29, 1.82) is 0 Å². The Morgan fingerprint density at radius 1 is 0.571 bits per heavy atom. The number of phenols is 4. The van der Waals surface area contributed by atoms with Gasteiger partial charge in [-0.25, -0.2) is 0 Å². The number of halogens is 1. The zero-order chi connectivity index (χ0) is 24.5. The summed E-state index contributed by atoms with van der Waals surface area (Å²) >= 11 is 3.21. The highest BCUT2D eigenvalue weighted by molar-refractivity contribution is 9.10. The van der Waals surface area contributed by atoms with Crippen LogP contribution in [0.3, 0.4) is 0 Å². The monoisotopic (exact) mass is 532 g/mol. The van der Waals surface area contributed by atoms with Crippen LogP contribution in [0.15, 0.2) is 92.4 Å². The third-order valence-electron chi connectivity index (χ3n) is 5.31. The fraction of sp³-hybridized carbons (Fsp3) is 0. The molecule has 0 atom stereocenters. The van der Waals surface area contributed by atoms with Crippen LogP contribution < -0.4 is 0 Å². The van der Waals surface area contributed by atoms with E-state index in [1.165, 1.54) is 18.2 Å². The van der Waals surface area contributed by atoms with Crippen LogP contribution in [-0.2, 0) is 0 Å². The first kappa shape index (κ1) is 22.3. The van der Waals surface area contributed by atoms with Gasteiger partial charge in [-0.1, -0.05) is 34.6 Å². The molecule has 0 aliphatic carbocycles. The van der Waals surface area contributed by atoms with E-state index in [9.17, 15) is 20.4 Å². The largest absolute Gasteiger partial charge is 0.508 e. The summed E-state index contributed by atoms with van der Waals surface area (Å²) in [6.45, 7) is 0. The summed E-state index contributed by atoms with van der Waals surface area (Å²) in [5.41, 5.74) is 3.46. The number of phenolic OH excluding ortho intramolecular Hbond substituents is 4. The normalized spacial score (nSPS) is 10.9. The Hall–Kier alpha value is -4.50. The second-order valence-electron chi connectivity index (χ2n) is 7.58. The molecule has 174 valence electrons. The molecule has 0 bridgehead atoms. The van der Waals surface area contributed by atoms with E-state index >= 15 is 0 Å². The minimum atomic E-state index is -0.0465. The number of benzene rings is 4. The van der Waals surface area contributed by atoms with Crippen molar-refractivity contribution in [2.75, 3.05) is 0 Å². The van der Waals surface area contributed by atoms with Gasteiger partial charge in [0.25, 0.3) is 0 Å². The molecular weight excluding hydrogens is 516 g/mol. The van der Waals surface area contributed by atoms with Crippen LogP contribution in [0.4, 0.5) is 0 Å². The van der Waals surface area contributed by atoms with Gasteiger partial charge in [0.1, 0.15) is 34.4 Å². The quantitative estimate of drug-likeness (QED) is 0.196. The second-order valence-corrected chi connectivity index (χ2v) is 8.43. The molecule has 6 rings (SSSR count). The maximum Gasteiger partial charge on any atom is 0.167 e. The third-order valence-corrected chi connectivity index (χ3v) is 5.95. The van der Waals surface area contributed by atoms with Crippen molar-refractivity contribution in [3.63, 3.8) is 0 Å². The molecule has 2 aromatic heterocycles. The Labute approximate surface area is 206 Å². The van der Waals surface area contributed by atoms with E-state index in [1.807, 2.05) is 42.5 Å². The highest BCUT2D eigenvalue weighted by Crippen LogP contribution is 2.39. The number of hydrogen-bond donors (Lipinski definition) is 4. The number of para-hydroxylation sites is 2. The maximum atomic E-state index is 9.88. The lowest BCUT2D eigenvalue weighted by molar-refractivity contribution is 0.445. The van der Waals surface area contributed by atoms with Crippen LogP contribution in [0.5, 0.6) is 23.0 Å². The molecule has 0 fully saturated rings. The molecule has 0 spiro atoms. The fourth-order valence-corrected chi connectivity index (χ4v) is 3.96. The van der Waals surface area contributed by atoms with E-state index in [-0.39, 0.29) is 23.0 Å². The Morgan fingerprint density at radius 3 is 1.71 bits per heavy atom. The number of hydrogen-bond acceptors (Lipinski definition) is 8. The Morgan fingerprint density at radius 2 is 1.11 bits per heavy atom. The van der Waals surface area contributed by atoms with Crippen molar-refractivity contribution in [3.8, 4) is 45.5 Å². The van der Waals surface area contributed by atoms with Crippen LogP contribution >= 0.6 is 15.9 Å². The molecule has 35 heavy (non-hydrogen) atoms. The summed E-state index contributed by atoms with van der Waals surface area (Å²) in [6.07, 6.45) is 0. The summed E-state index contributed by atoms with van der Waals surface area (Å²) in [7, 11) is 0. The van der Waals surface area contributed by atoms with E-state index in [4.69, 9.17) is 9.05 Å². The minimum Gasteiger partial charge on any atom is -0.508 e. The topological polar surface area (TPSA) is 133 Å². The van der Waals surface area contributed by atoms with Crippen molar-refractivity contribution in [2.24, 2.45) is 0 Å². The Bertz CT molecular complexity index is 1670. The lowest BCUT2D eigenvalue weighted by atomic mass is 10.1. The summed E-state index contributed by atoms with van der Waals surface area (Å²) in [5.74, 6) is -0.0816. The summed E-state index contributed by atoms with van der Waals surface area (Å²) < 4.78 is 10.8. The van der Waals surface area contributed by atoms with Gasteiger partial charge in [0.05, 0.1) is 4.47 Å². The molecule has 8 nitrogen and oxygen atoms in total. The third kappa shape index (κ3) is 4.24. The van der Waals surface area contributed by atoms with Gasteiger partial charge >= 0.3 is 0 Å². The standard InChI is InChI=1S/C13H8BrNO3.C13H9NO3/c14-9-5-8(10(16)6-11(9)17)13-7-3-1-2-4-12(7)18-15-13;15-8-5-6-9(11(16)7-8)13-10-3-1-2-4-12(10)17-14-13/h1-6,16-17H;1-7,15-16H. The zero-order valence-electron chi connectivity index (χ0n) is 17.9. The molecular formula is C26H17BrN2O6. The van der Waals surface area contributed by atoms with Crippen molar-refractivity contribution in [3.05, 3.63) is 83.3 Å². The first-order chi connectivity index (χ1) is 16.9. The van der Waals surface area contributed by atoms with Crippen LogP contribution in [0.2, 0.25) is 0 Å². The van der Waals surface area contributed by atoms with Gasteiger partial charge in [-0.3, -0.25) is 0 Å². The Balaban J connectivity index is 0.000000145. The summed E-state index contributed by atoms with van der Waals surface area (Å²) in [4.78, 5) is 0. The molecule has 0 aliphatic heterocycles. The molecule has 0 saturated heterocycles. The van der Waals surface area contributed by atoms with E-state index in [0.29, 0.717) is 38.2 Å². The molecule has 0 aliphatic rings. The van der Waals surface area contributed by atoms with Gasteiger partial charge in [-0.2, -0.15) is 0 Å². The van der Waals surface area contributed by atoms with Gasteiger partial charge in [-0.15, -0.1) is 0 Å². The van der Waals surface area contributed by atoms with Crippen molar-refractivity contribution < 1.29 is 29.5 Å². The molecule has 9 heteroatoms. The summed E-state index contributed by atoms with van der Waals surface area (Å²) in [6, 6.07) is 22.1. The lowest BCUT2D eigenvalue weighted by Gasteiger charge is -2.04. The second kappa shape index (κ2) is 9.03. The van der Waals surface area contributed by atoms with Crippen molar-refractivity contribution in [1.82, 2.24) is 10.3 Å². The van der Waals surface area contributed by atoms with E-state index in [1.54, 1.807) is 18.2 Å².